The number of unbranched alkanes of at least 4 members (excludes halogenated alkanes) is 2. The summed E-state index contributed by atoms with van der Waals surface area (Å²) in [4.78, 5) is 14.1. The van der Waals surface area contributed by atoms with Crippen LogP contribution in [0.1, 0.15) is 25.0 Å². The summed E-state index contributed by atoms with van der Waals surface area (Å²) >= 11 is 0. The average molecular weight is 393 g/mol. The summed E-state index contributed by atoms with van der Waals surface area (Å²) in [6, 6.07) is 12.1. The Morgan fingerprint density at radius 1 is 1.26 bits per heavy atom. The first-order chi connectivity index (χ1) is 12.7. The van der Waals surface area contributed by atoms with Crippen molar-refractivity contribution in [2.45, 2.75) is 31.7 Å². The van der Waals surface area contributed by atoms with Gasteiger partial charge in [-0.25, -0.2) is 0 Å². The quantitative estimate of drug-likeness (QED) is 0.677. The van der Waals surface area contributed by atoms with Crippen molar-refractivity contribution in [2.75, 3.05) is 33.4 Å². The maximum Gasteiger partial charge on any atom is 0.241 e. The minimum Gasteiger partial charge on any atom is -0.378 e. The van der Waals surface area contributed by atoms with Gasteiger partial charge in [-0.2, -0.15) is 5.10 Å². The lowest BCUT2D eigenvalue weighted by atomic mass is 10.1. The van der Waals surface area contributed by atoms with E-state index in [2.05, 4.69) is 33.7 Å². The number of aryl methyl sites for hydroxylation is 1. The molecule has 0 radical (unpaired) electrons. The van der Waals surface area contributed by atoms with E-state index in [-0.39, 0.29) is 24.4 Å². The van der Waals surface area contributed by atoms with E-state index in [1.54, 1.807) is 0 Å². The van der Waals surface area contributed by atoms with Crippen LogP contribution in [0.5, 0.6) is 0 Å². The molecule has 1 saturated heterocycles. The zero-order valence-electron chi connectivity index (χ0n) is 15.8. The normalized spacial score (nSPS) is 16.6. The number of morpholine rings is 1. The van der Waals surface area contributed by atoms with Crippen molar-refractivity contribution < 1.29 is 9.53 Å². The first kappa shape index (κ1) is 21.4. The summed E-state index contributed by atoms with van der Waals surface area (Å²) in [6.07, 6.45) is 4.17. The Morgan fingerprint density at radius 3 is 2.81 bits per heavy atom. The third-order valence-electron chi connectivity index (χ3n) is 4.74. The summed E-state index contributed by atoms with van der Waals surface area (Å²) in [7, 11) is 1.87. The fourth-order valence-corrected chi connectivity index (χ4v) is 3.19. The number of hydrogen-bond donors (Lipinski definition) is 2. The molecule has 2 aromatic rings. The van der Waals surface area contributed by atoms with Crippen LogP contribution in [0.25, 0.3) is 11.3 Å². The van der Waals surface area contributed by atoms with E-state index in [9.17, 15) is 4.79 Å². The number of benzene rings is 1. The van der Waals surface area contributed by atoms with E-state index in [0.717, 1.165) is 55.7 Å². The van der Waals surface area contributed by atoms with Gasteiger partial charge in [-0.15, -0.1) is 12.4 Å². The van der Waals surface area contributed by atoms with E-state index in [1.807, 2.05) is 30.1 Å². The Balaban J connectivity index is 0.00000261. The van der Waals surface area contributed by atoms with Crippen LogP contribution in [0.4, 0.5) is 0 Å². The minimum absolute atomic E-state index is 0. The first-order valence-corrected chi connectivity index (χ1v) is 9.40. The van der Waals surface area contributed by atoms with Gasteiger partial charge in [0.05, 0.1) is 18.9 Å². The Kier molecular flexibility index (Phi) is 8.78. The molecule has 1 fully saturated rings. The lowest BCUT2D eigenvalue weighted by Crippen LogP contribution is -2.51. The third kappa shape index (κ3) is 6.34. The average Bonchev–Trinajstić information content (AvgIpc) is 3.17. The number of hydrogen-bond acceptors (Lipinski definition) is 4. The number of carbonyl (C=O) groups is 1. The predicted octanol–water partition coefficient (Wildman–Crippen LogP) is 2.66. The molecule has 6 nitrogen and oxygen atoms in total. The molecule has 1 amide bonds. The molecule has 1 aromatic heterocycles. The molecule has 1 unspecified atom stereocenters. The number of nitrogens with one attached hydrogen (secondary N) is 2. The zero-order valence-corrected chi connectivity index (χ0v) is 16.6. The minimum atomic E-state index is -0.185. The molecule has 2 N–H and O–H groups in total. The van der Waals surface area contributed by atoms with Crippen LogP contribution in [0, 0.1) is 0 Å². The van der Waals surface area contributed by atoms with Gasteiger partial charge in [-0.3, -0.25) is 9.89 Å². The summed E-state index contributed by atoms with van der Waals surface area (Å²) < 4.78 is 5.36. The summed E-state index contributed by atoms with van der Waals surface area (Å²) in [6.45, 7) is 2.70. The van der Waals surface area contributed by atoms with Crippen LogP contribution < -0.4 is 5.32 Å². The smallest absolute Gasteiger partial charge is 0.241 e. The molecule has 1 aliphatic rings. The van der Waals surface area contributed by atoms with Crippen molar-refractivity contribution in [2.24, 2.45) is 0 Å². The topological polar surface area (TPSA) is 70.2 Å². The molecule has 2 heterocycles. The molecule has 0 spiro atoms. The molecular weight excluding hydrogens is 364 g/mol. The summed E-state index contributed by atoms with van der Waals surface area (Å²) in [5.41, 5.74) is 3.29. The molecule has 27 heavy (non-hydrogen) atoms. The first-order valence-electron chi connectivity index (χ1n) is 9.40. The number of halogens is 1. The molecule has 1 aliphatic heterocycles. The number of likely N-dealkylation sites (N-methyl/N-ethyl adjacent to an activating group) is 1. The second-order valence-electron chi connectivity index (χ2n) is 6.80. The molecular formula is C20H29ClN4O2. The highest BCUT2D eigenvalue weighted by atomic mass is 35.5. The third-order valence-corrected chi connectivity index (χ3v) is 4.74. The molecule has 7 heteroatoms. The highest BCUT2D eigenvalue weighted by molar-refractivity contribution is 5.85. The number of H-pyrrole nitrogens is 1. The SMILES string of the molecule is CN(CCCCCc1cc(-c2ccccc2)n[nH]1)C(=O)C1COCCN1.Cl. The van der Waals surface area contributed by atoms with Crippen LogP contribution >= 0.6 is 12.4 Å². The van der Waals surface area contributed by atoms with E-state index >= 15 is 0 Å². The van der Waals surface area contributed by atoms with E-state index in [1.165, 1.54) is 0 Å². The van der Waals surface area contributed by atoms with Crippen molar-refractivity contribution >= 4 is 18.3 Å². The van der Waals surface area contributed by atoms with Gasteiger partial charge < -0.3 is 15.0 Å². The van der Waals surface area contributed by atoms with Gasteiger partial charge in [0, 0.05) is 31.4 Å². The maximum absolute atomic E-state index is 12.3. The predicted molar refractivity (Wildman–Crippen MR) is 109 cm³/mol. The fraction of sp³-hybridized carbons (Fsp3) is 0.500. The van der Waals surface area contributed by atoms with Crippen molar-refractivity contribution in [3.63, 3.8) is 0 Å². The van der Waals surface area contributed by atoms with E-state index in [0.29, 0.717) is 13.2 Å². The van der Waals surface area contributed by atoms with Gasteiger partial charge in [-0.05, 0) is 25.3 Å². The Morgan fingerprint density at radius 2 is 2.07 bits per heavy atom. The number of nitrogens with zero attached hydrogens (tertiary/aromatic N) is 2. The van der Waals surface area contributed by atoms with Gasteiger partial charge in [0.1, 0.15) is 6.04 Å². The van der Waals surface area contributed by atoms with Crippen LogP contribution in [-0.2, 0) is 16.0 Å². The van der Waals surface area contributed by atoms with Crippen molar-refractivity contribution in [1.29, 1.82) is 0 Å². The summed E-state index contributed by atoms with van der Waals surface area (Å²) in [5, 5.41) is 10.7. The second-order valence-corrected chi connectivity index (χ2v) is 6.80. The van der Waals surface area contributed by atoms with Gasteiger partial charge >= 0.3 is 0 Å². The molecule has 0 saturated carbocycles. The number of aromatic amines is 1. The Bertz CT molecular complexity index is 686. The monoisotopic (exact) mass is 392 g/mol. The van der Waals surface area contributed by atoms with Gasteiger partial charge in [0.25, 0.3) is 0 Å². The highest BCUT2D eigenvalue weighted by Gasteiger charge is 2.23. The van der Waals surface area contributed by atoms with Crippen LogP contribution in [-0.4, -0.2) is 60.4 Å². The maximum atomic E-state index is 12.3. The Hall–Kier alpha value is -1.89. The van der Waals surface area contributed by atoms with Crippen molar-refractivity contribution in [1.82, 2.24) is 20.4 Å². The van der Waals surface area contributed by atoms with Gasteiger partial charge in [-0.1, -0.05) is 36.8 Å². The summed E-state index contributed by atoms with van der Waals surface area (Å²) in [5.74, 6) is 0.130. The van der Waals surface area contributed by atoms with Crippen molar-refractivity contribution in [3.05, 3.63) is 42.1 Å². The highest BCUT2D eigenvalue weighted by Crippen LogP contribution is 2.17. The number of carbonyl (C=O) groups excluding carboxylic acids is 1. The standard InChI is InChI=1S/C20H28N4O2.ClH/c1-24(20(25)19-15-26-13-11-21-19)12-7-3-6-10-17-14-18(23-22-17)16-8-4-2-5-9-16;/h2,4-5,8-9,14,19,21H,3,6-7,10-13,15H2,1H3,(H,22,23);1H. The number of aromatic nitrogens is 2. The lowest BCUT2D eigenvalue weighted by molar-refractivity contribution is -0.135. The van der Waals surface area contributed by atoms with Gasteiger partial charge in [0.15, 0.2) is 0 Å². The number of rotatable bonds is 8. The second kappa shape index (κ2) is 11.1. The molecule has 1 aromatic carbocycles. The molecule has 3 rings (SSSR count). The van der Waals surface area contributed by atoms with Crippen LogP contribution in [0.2, 0.25) is 0 Å². The zero-order chi connectivity index (χ0) is 18.2. The molecule has 0 aliphatic carbocycles. The fourth-order valence-electron chi connectivity index (χ4n) is 3.19. The molecule has 148 valence electrons. The van der Waals surface area contributed by atoms with Crippen molar-refractivity contribution in [3.8, 4) is 11.3 Å². The van der Waals surface area contributed by atoms with E-state index < -0.39 is 0 Å². The lowest BCUT2D eigenvalue weighted by Gasteiger charge is -2.27. The molecule has 0 bridgehead atoms. The number of amides is 1. The molecule has 1 atom stereocenters. The number of ether oxygens (including phenoxy) is 1. The Labute approximate surface area is 167 Å². The van der Waals surface area contributed by atoms with Gasteiger partial charge in [0.2, 0.25) is 5.91 Å². The van der Waals surface area contributed by atoms with Crippen LogP contribution in [0.15, 0.2) is 36.4 Å². The van der Waals surface area contributed by atoms with Crippen LogP contribution in [0.3, 0.4) is 0 Å². The largest absolute Gasteiger partial charge is 0.378 e. The van der Waals surface area contributed by atoms with E-state index in [4.69, 9.17) is 4.74 Å².